The smallest absolute Gasteiger partial charge is 0.315 e. The van der Waals surface area contributed by atoms with E-state index in [1.165, 1.54) is 15.9 Å². The number of nitrogens with zero attached hydrogens (tertiary/aromatic N) is 4. The molecule has 0 aliphatic carbocycles. The Bertz CT molecular complexity index is 1090. The van der Waals surface area contributed by atoms with Gasteiger partial charge in [0.05, 0.1) is 16.8 Å². The van der Waals surface area contributed by atoms with Crippen molar-refractivity contribution in [1.82, 2.24) is 19.5 Å². The van der Waals surface area contributed by atoms with Crippen LogP contribution in [-0.4, -0.2) is 32.1 Å². The zero-order chi connectivity index (χ0) is 19.1. The molecule has 9 heteroatoms. The summed E-state index contributed by atoms with van der Waals surface area (Å²) in [5.41, 5.74) is 1.70. The van der Waals surface area contributed by atoms with Crippen molar-refractivity contribution in [2.75, 3.05) is 11.9 Å². The highest BCUT2D eigenvalue weighted by molar-refractivity contribution is 7.16. The number of fused-ring (bicyclic) bond motifs is 1. The molecule has 4 rings (SSSR count). The van der Waals surface area contributed by atoms with Crippen LogP contribution in [0.5, 0.6) is 0 Å². The van der Waals surface area contributed by atoms with Gasteiger partial charge in [-0.3, -0.25) is 4.79 Å². The summed E-state index contributed by atoms with van der Waals surface area (Å²) in [6, 6.07) is 6.72. The molecule has 0 unspecified atom stereocenters. The van der Waals surface area contributed by atoms with E-state index in [-0.39, 0.29) is 17.6 Å². The van der Waals surface area contributed by atoms with Crippen LogP contribution in [0.25, 0.3) is 4.96 Å². The predicted octanol–water partition coefficient (Wildman–Crippen LogP) is 3.79. The number of amides is 2. The van der Waals surface area contributed by atoms with Crippen molar-refractivity contribution < 1.29 is 4.79 Å². The van der Waals surface area contributed by atoms with Crippen molar-refractivity contribution in [2.24, 2.45) is 0 Å². The molecule has 1 fully saturated rings. The van der Waals surface area contributed by atoms with Gasteiger partial charge in [-0.15, -0.1) is 0 Å². The lowest BCUT2D eigenvalue weighted by molar-refractivity contribution is 0.206. The molecule has 1 aliphatic rings. The maximum atomic E-state index is 12.8. The summed E-state index contributed by atoms with van der Waals surface area (Å²) >= 11 is 7.49. The number of rotatable bonds is 2. The third-order valence-corrected chi connectivity index (χ3v) is 6.15. The fourth-order valence-corrected chi connectivity index (χ4v) is 4.46. The minimum absolute atomic E-state index is 0.162. The first-order chi connectivity index (χ1) is 13.0. The van der Waals surface area contributed by atoms with Crippen LogP contribution in [0.2, 0.25) is 5.02 Å². The van der Waals surface area contributed by atoms with Crippen molar-refractivity contribution in [3.05, 3.63) is 55.9 Å². The number of para-hydroxylation sites is 1. The van der Waals surface area contributed by atoms with Crippen LogP contribution in [0.15, 0.2) is 29.1 Å². The lowest BCUT2D eigenvalue weighted by atomic mass is 10.2. The monoisotopic (exact) mass is 403 g/mol. The van der Waals surface area contributed by atoms with Crippen LogP contribution in [0.3, 0.4) is 0 Å². The Morgan fingerprint density at radius 1 is 1.33 bits per heavy atom. The van der Waals surface area contributed by atoms with E-state index >= 15 is 0 Å². The van der Waals surface area contributed by atoms with E-state index in [1.54, 1.807) is 24.0 Å². The molecule has 1 aromatic carbocycles. The number of aromatic nitrogens is 3. The number of nitrogens with one attached hydrogen (secondary N) is 1. The molecule has 0 spiro atoms. The van der Waals surface area contributed by atoms with Crippen LogP contribution >= 0.6 is 22.9 Å². The Morgan fingerprint density at radius 2 is 2.11 bits per heavy atom. The number of carbonyl (C=O) groups is 1. The van der Waals surface area contributed by atoms with Crippen molar-refractivity contribution in [3.8, 4) is 0 Å². The zero-order valence-electron chi connectivity index (χ0n) is 14.9. The number of hydrogen-bond donors (Lipinski definition) is 1. The van der Waals surface area contributed by atoms with E-state index in [1.807, 2.05) is 19.1 Å². The minimum Gasteiger partial charge on any atom is -0.315 e. The average Bonchev–Trinajstić information content (AvgIpc) is 3.28. The molecule has 3 heterocycles. The molecule has 140 valence electrons. The van der Waals surface area contributed by atoms with Gasteiger partial charge in [-0.2, -0.15) is 9.61 Å². The SMILES string of the molecule is Cc1nc2sc([C@H]3CCCN3C(=O)Nc3ccccc3Cl)nn2c(=O)c1C. The first-order valence-electron chi connectivity index (χ1n) is 8.65. The second-order valence-corrected chi connectivity index (χ2v) is 7.92. The molecule has 2 aromatic heterocycles. The van der Waals surface area contributed by atoms with E-state index in [0.29, 0.717) is 33.5 Å². The van der Waals surface area contributed by atoms with Gasteiger partial charge < -0.3 is 10.2 Å². The number of aryl methyl sites for hydroxylation is 1. The maximum Gasteiger partial charge on any atom is 0.322 e. The summed E-state index contributed by atoms with van der Waals surface area (Å²) < 4.78 is 1.34. The fourth-order valence-electron chi connectivity index (χ4n) is 3.19. The third kappa shape index (κ3) is 3.19. The summed E-state index contributed by atoms with van der Waals surface area (Å²) in [7, 11) is 0. The Labute approximate surface area is 164 Å². The topological polar surface area (TPSA) is 79.6 Å². The maximum absolute atomic E-state index is 12.8. The van der Waals surface area contributed by atoms with Crippen LogP contribution in [0.4, 0.5) is 10.5 Å². The summed E-state index contributed by atoms with van der Waals surface area (Å²) in [6.45, 7) is 4.18. The molecule has 2 amide bonds. The average molecular weight is 404 g/mol. The molecule has 1 atom stereocenters. The number of anilines is 1. The van der Waals surface area contributed by atoms with Gasteiger partial charge in [0, 0.05) is 17.8 Å². The molecule has 3 aromatic rings. The molecule has 1 aliphatic heterocycles. The number of hydrogen-bond acceptors (Lipinski definition) is 5. The third-order valence-electron chi connectivity index (χ3n) is 4.81. The quantitative estimate of drug-likeness (QED) is 0.705. The van der Waals surface area contributed by atoms with Gasteiger partial charge in [0.15, 0.2) is 0 Å². The molecule has 0 saturated carbocycles. The number of benzene rings is 1. The predicted molar refractivity (Wildman–Crippen MR) is 106 cm³/mol. The Balaban J connectivity index is 1.64. The fraction of sp³-hybridized carbons (Fsp3) is 0.333. The standard InChI is InChI=1S/C18H18ClN5O2S/c1-10-11(2)20-18-24(16(10)25)22-15(27-18)14-8-5-9-23(14)17(26)21-13-7-4-3-6-12(13)19/h3-4,6-7,14H,5,8-9H2,1-2H3,(H,21,26)/t14-/m1/s1. The lowest BCUT2D eigenvalue weighted by Gasteiger charge is -2.23. The summed E-state index contributed by atoms with van der Waals surface area (Å²) in [6.07, 6.45) is 1.67. The molecule has 7 nitrogen and oxygen atoms in total. The van der Waals surface area contributed by atoms with Gasteiger partial charge in [-0.1, -0.05) is 35.1 Å². The summed E-state index contributed by atoms with van der Waals surface area (Å²) in [5, 5.41) is 8.54. The normalized spacial score (nSPS) is 16.9. The second kappa shape index (κ2) is 6.94. The van der Waals surface area contributed by atoms with Crippen molar-refractivity contribution >= 4 is 39.6 Å². The first kappa shape index (κ1) is 17.9. The van der Waals surface area contributed by atoms with E-state index in [4.69, 9.17) is 11.6 Å². The van der Waals surface area contributed by atoms with E-state index in [0.717, 1.165) is 17.8 Å². The Morgan fingerprint density at radius 3 is 2.89 bits per heavy atom. The summed E-state index contributed by atoms with van der Waals surface area (Å²) in [4.78, 5) is 32.0. The molecule has 1 N–H and O–H groups in total. The van der Waals surface area contributed by atoms with E-state index in [9.17, 15) is 9.59 Å². The van der Waals surface area contributed by atoms with Crippen LogP contribution in [0, 0.1) is 13.8 Å². The van der Waals surface area contributed by atoms with Gasteiger partial charge in [-0.05, 0) is 38.8 Å². The van der Waals surface area contributed by atoms with Crippen LogP contribution < -0.4 is 10.9 Å². The van der Waals surface area contributed by atoms with Crippen molar-refractivity contribution in [3.63, 3.8) is 0 Å². The molecule has 27 heavy (non-hydrogen) atoms. The van der Waals surface area contributed by atoms with Gasteiger partial charge in [0.1, 0.15) is 5.01 Å². The number of likely N-dealkylation sites (tertiary alicyclic amines) is 1. The number of urea groups is 1. The van der Waals surface area contributed by atoms with Gasteiger partial charge in [0.2, 0.25) is 4.96 Å². The van der Waals surface area contributed by atoms with Crippen LogP contribution in [0.1, 0.15) is 35.1 Å². The second-order valence-electron chi connectivity index (χ2n) is 6.52. The molecular formula is C18H18ClN5O2S. The van der Waals surface area contributed by atoms with Crippen molar-refractivity contribution in [1.29, 1.82) is 0 Å². The first-order valence-corrected chi connectivity index (χ1v) is 9.84. The van der Waals surface area contributed by atoms with Crippen molar-refractivity contribution in [2.45, 2.75) is 32.7 Å². The molecule has 1 saturated heterocycles. The van der Waals surface area contributed by atoms with Gasteiger partial charge in [0.25, 0.3) is 5.56 Å². The largest absolute Gasteiger partial charge is 0.322 e. The highest BCUT2D eigenvalue weighted by Gasteiger charge is 2.33. The number of halogens is 1. The van der Waals surface area contributed by atoms with Gasteiger partial charge >= 0.3 is 6.03 Å². The zero-order valence-corrected chi connectivity index (χ0v) is 16.5. The van der Waals surface area contributed by atoms with E-state index in [2.05, 4.69) is 15.4 Å². The minimum atomic E-state index is -0.225. The lowest BCUT2D eigenvalue weighted by Crippen LogP contribution is -2.34. The van der Waals surface area contributed by atoms with E-state index < -0.39 is 0 Å². The molecule has 0 radical (unpaired) electrons. The number of carbonyl (C=O) groups excluding carboxylic acids is 1. The summed E-state index contributed by atoms with van der Waals surface area (Å²) in [5.74, 6) is 0. The Kier molecular flexibility index (Phi) is 4.61. The van der Waals surface area contributed by atoms with Gasteiger partial charge in [-0.25, -0.2) is 9.78 Å². The molecular weight excluding hydrogens is 386 g/mol. The Hall–Kier alpha value is -2.45. The van der Waals surface area contributed by atoms with Crippen LogP contribution in [-0.2, 0) is 0 Å². The highest BCUT2D eigenvalue weighted by atomic mass is 35.5. The highest BCUT2D eigenvalue weighted by Crippen LogP contribution is 2.34. The molecule has 0 bridgehead atoms.